The van der Waals surface area contributed by atoms with E-state index in [1.54, 1.807) is 18.2 Å². The van der Waals surface area contributed by atoms with Gasteiger partial charge in [0.05, 0.1) is 19.3 Å². The molecule has 1 aliphatic heterocycles. The standard InChI is InChI=1S/C27H33N3O3/c1-4-32-25-13-12-21(17-26(25)33-5-2)27(31)28-18-24(23-11-8-15-29(23)3)30-16-14-20-9-6-7-10-22(20)19-30/h6-13,15,17,24H,4-5,14,16,18-19H2,1-3H3,(H,28,31). The predicted octanol–water partition coefficient (Wildman–Crippen LogP) is 4.35. The molecule has 0 saturated carbocycles. The lowest BCUT2D eigenvalue weighted by Gasteiger charge is -2.36. The van der Waals surface area contributed by atoms with Crippen molar-refractivity contribution in [3.8, 4) is 11.5 Å². The highest BCUT2D eigenvalue weighted by molar-refractivity contribution is 5.94. The Labute approximate surface area is 196 Å². The Balaban J connectivity index is 1.51. The van der Waals surface area contributed by atoms with Crippen molar-refractivity contribution in [1.29, 1.82) is 0 Å². The van der Waals surface area contributed by atoms with Gasteiger partial charge in [-0.1, -0.05) is 24.3 Å². The van der Waals surface area contributed by atoms with Gasteiger partial charge >= 0.3 is 0 Å². The van der Waals surface area contributed by atoms with E-state index in [0.717, 1.165) is 19.5 Å². The summed E-state index contributed by atoms with van der Waals surface area (Å²) < 4.78 is 13.5. The van der Waals surface area contributed by atoms with E-state index < -0.39 is 0 Å². The van der Waals surface area contributed by atoms with E-state index in [1.807, 2.05) is 13.8 Å². The van der Waals surface area contributed by atoms with E-state index in [4.69, 9.17) is 9.47 Å². The van der Waals surface area contributed by atoms with Crippen LogP contribution in [0.2, 0.25) is 0 Å². The molecule has 0 saturated heterocycles. The third kappa shape index (κ3) is 5.22. The van der Waals surface area contributed by atoms with Crippen molar-refractivity contribution in [2.24, 2.45) is 7.05 Å². The van der Waals surface area contributed by atoms with E-state index >= 15 is 0 Å². The van der Waals surface area contributed by atoms with Crippen LogP contribution in [-0.2, 0) is 20.0 Å². The second kappa shape index (κ2) is 10.6. The molecule has 4 rings (SSSR count). The Bertz CT molecular complexity index is 1090. The molecule has 174 valence electrons. The third-order valence-electron chi connectivity index (χ3n) is 6.19. The molecule has 0 aliphatic carbocycles. The number of hydrogen-bond donors (Lipinski definition) is 1. The summed E-state index contributed by atoms with van der Waals surface area (Å²) in [7, 11) is 2.06. The fourth-order valence-corrected chi connectivity index (χ4v) is 4.51. The van der Waals surface area contributed by atoms with Crippen molar-refractivity contribution in [3.05, 3.63) is 83.2 Å². The van der Waals surface area contributed by atoms with Crippen LogP contribution < -0.4 is 14.8 Å². The number of nitrogens with one attached hydrogen (secondary N) is 1. The summed E-state index contributed by atoms with van der Waals surface area (Å²) in [5.41, 5.74) is 4.54. The molecule has 0 fully saturated rings. The number of amides is 1. The maximum atomic E-state index is 13.1. The second-order valence-corrected chi connectivity index (χ2v) is 8.29. The molecular weight excluding hydrogens is 414 g/mol. The number of ether oxygens (including phenoxy) is 2. The number of nitrogens with zero attached hydrogens (tertiary/aromatic N) is 2. The molecule has 2 heterocycles. The summed E-state index contributed by atoms with van der Waals surface area (Å²) in [6.07, 6.45) is 3.07. The van der Waals surface area contributed by atoms with E-state index in [1.165, 1.54) is 16.8 Å². The van der Waals surface area contributed by atoms with Gasteiger partial charge in [-0.05, 0) is 61.7 Å². The van der Waals surface area contributed by atoms with Crippen molar-refractivity contribution in [2.45, 2.75) is 32.9 Å². The van der Waals surface area contributed by atoms with Crippen LogP contribution in [0, 0.1) is 0 Å². The minimum Gasteiger partial charge on any atom is -0.490 e. The van der Waals surface area contributed by atoms with Gasteiger partial charge in [0.25, 0.3) is 5.91 Å². The number of rotatable bonds is 9. The molecule has 1 aliphatic rings. The Kier molecular flexibility index (Phi) is 7.35. The number of carbonyl (C=O) groups is 1. The minimum atomic E-state index is -0.115. The third-order valence-corrected chi connectivity index (χ3v) is 6.19. The maximum absolute atomic E-state index is 13.1. The van der Waals surface area contributed by atoms with Crippen molar-refractivity contribution >= 4 is 5.91 Å². The van der Waals surface area contributed by atoms with Crippen LogP contribution >= 0.6 is 0 Å². The normalized spacial score (nSPS) is 14.4. The zero-order valence-electron chi connectivity index (χ0n) is 19.7. The van der Waals surface area contributed by atoms with E-state index in [9.17, 15) is 4.79 Å². The molecule has 33 heavy (non-hydrogen) atoms. The first-order chi connectivity index (χ1) is 16.1. The first-order valence-electron chi connectivity index (χ1n) is 11.7. The van der Waals surface area contributed by atoms with Gasteiger partial charge in [-0.2, -0.15) is 0 Å². The fraction of sp³-hybridized carbons (Fsp3) is 0.370. The molecular formula is C27H33N3O3. The highest BCUT2D eigenvalue weighted by atomic mass is 16.5. The molecule has 1 aromatic heterocycles. The van der Waals surface area contributed by atoms with Crippen LogP contribution in [0.5, 0.6) is 11.5 Å². The average molecular weight is 448 g/mol. The topological polar surface area (TPSA) is 55.7 Å². The molecule has 0 bridgehead atoms. The molecule has 1 atom stereocenters. The Morgan fingerprint density at radius 3 is 2.48 bits per heavy atom. The van der Waals surface area contributed by atoms with Gasteiger partial charge in [-0.25, -0.2) is 0 Å². The second-order valence-electron chi connectivity index (χ2n) is 8.29. The van der Waals surface area contributed by atoms with E-state index in [0.29, 0.717) is 36.8 Å². The summed E-state index contributed by atoms with van der Waals surface area (Å²) >= 11 is 0. The van der Waals surface area contributed by atoms with E-state index in [-0.39, 0.29) is 11.9 Å². The molecule has 3 aromatic rings. The number of aryl methyl sites for hydroxylation is 1. The number of carbonyl (C=O) groups excluding carboxylic acids is 1. The van der Waals surface area contributed by atoms with Crippen LogP contribution in [0.1, 0.15) is 47.1 Å². The highest BCUT2D eigenvalue weighted by Crippen LogP contribution is 2.30. The minimum absolute atomic E-state index is 0.0800. The summed E-state index contributed by atoms with van der Waals surface area (Å²) in [6.45, 7) is 7.26. The van der Waals surface area contributed by atoms with Crippen LogP contribution in [0.25, 0.3) is 0 Å². The quantitative estimate of drug-likeness (QED) is 0.530. The lowest BCUT2D eigenvalue weighted by Crippen LogP contribution is -2.41. The van der Waals surface area contributed by atoms with Crippen molar-refractivity contribution in [1.82, 2.24) is 14.8 Å². The predicted molar refractivity (Wildman–Crippen MR) is 130 cm³/mol. The smallest absolute Gasteiger partial charge is 0.251 e. The monoisotopic (exact) mass is 447 g/mol. The highest BCUT2D eigenvalue weighted by Gasteiger charge is 2.27. The zero-order valence-corrected chi connectivity index (χ0v) is 19.7. The zero-order chi connectivity index (χ0) is 23.2. The van der Waals surface area contributed by atoms with Crippen molar-refractivity contribution in [2.75, 3.05) is 26.3 Å². The van der Waals surface area contributed by atoms with Crippen LogP contribution in [-0.4, -0.2) is 41.7 Å². The van der Waals surface area contributed by atoms with Crippen molar-refractivity contribution in [3.63, 3.8) is 0 Å². The van der Waals surface area contributed by atoms with Gasteiger partial charge in [0.2, 0.25) is 0 Å². The molecule has 2 aromatic carbocycles. The molecule has 1 N–H and O–H groups in total. The van der Waals surface area contributed by atoms with Gasteiger partial charge in [-0.15, -0.1) is 0 Å². The van der Waals surface area contributed by atoms with Crippen molar-refractivity contribution < 1.29 is 14.3 Å². The molecule has 1 unspecified atom stereocenters. The molecule has 6 nitrogen and oxygen atoms in total. The molecule has 1 amide bonds. The lowest BCUT2D eigenvalue weighted by atomic mass is 9.97. The number of aromatic nitrogens is 1. The first kappa shape index (κ1) is 22.9. The summed E-state index contributed by atoms with van der Waals surface area (Å²) in [4.78, 5) is 15.5. The lowest BCUT2D eigenvalue weighted by molar-refractivity contribution is 0.0925. The summed E-state index contributed by atoms with van der Waals surface area (Å²) in [5.74, 6) is 1.14. The van der Waals surface area contributed by atoms with Crippen LogP contribution in [0.15, 0.2) is 60.8 Å². The molecule has 0 radical (unpaired) electrons. The Morgan fingerprint density at radius 1 is 1.00 bits per heavy atom. The van der Waals surface area contributed by atoms with Gasteiger partial charge < -0.3 is 19.4 Å². The van der Waals surface area contributed by atoms with Gasteiger partial charge in [0.1, 0.15) is 0 Å². The Hall–Kier alpha value is -3.25. The number of hydrogen-bond acceptors (Lipinski definition) is 4. The first-order valence-corrected chi connectivity index (χ1v) is 11.7. The van der Waals surface area contributed by atoms with Gasteiger partial charge in [0, 0.05) is 44.1 Å². The maximum Gasteiger partial charge on any atom is 0.251 e. The fourth-order valence-electron chi connectivity index (χ4n) is 4.51. The average Bonchev–Trinajstić information content (AvgIpc) is 3.26. The van der Waals surface area contributed by atoms with Crippen LogP contribution in [0.3, 0.4) is 0 Å². The number of fused-ring (bicyclic) bond motifs is 1. The van der Waals surface area contributed by atoms with Crippen LogP contribution in [0.4, 0.5) is 0 Å². The van der Waals surface area contributed by atoms with Gasteiger partial charge in [0.15, 0.2) is 11.5 Å². The van der Waals surface area contributed by atoms with Gasteiger partial charge in [-0.3, -0.25) is 9.69 Å². The Morgan fingerprint density at radius 2 is 1.76 bits per heavy atom. The summed E-state index contributed by atoms with van der Waals surface area (Å²) in [6, 6.07) is 18.3. The SMILES string of the molecule is CCOc1ccc(C(=O)NCC(c2cccn2C)N2CCc3ccccc3C2)cc1OCC. The van der Waals surface area contributed by atoms with E-state index in [2.05, 4.69) is 64.4 Å². The molecule has 0 spiro atoms. The summed E-state index contributed by atoms with van der Waals surface area (Å²) in [5, 5.41) is 3.17. The largest absolute Gasteiger partial charge is 0.490 e. The molecule has 6 heteroatoms. The number of benzene rings is 2.